The topological polar surface area (TPSA) is 0 Å². The first kappa shape index (κ1) is 9.86. The molecule has 11 heavy (non-hydrogen) atoms. The van der Waals surface area contributed by atoms with Gasteiger partial charge in [-0.3, -0.25) is 0 Å². The first-order valence-corrected chi connectivity index (χ1v) is 3.60. The fourth-order valence-electron chi connectivity index (χ4n) is 0.815. The van der Waals surface area contributed by atoms with E-state index in [0.29, 0.717) is 12.8 Å². The van der Waals surface area contributed by atoms with Crippen LogP contribution in [-0.4, -0.2) is 0 Å². The minimum absolute atomic E-state index is 0.0660. The lowest BCUT2D eigenvalue weighted by Gasteiger charge is -2.25. The summed E-state index contributed by atoms with van der Waals surface area (Å²) in [5, 5.41) is 0. The van der Waals surface area contributed by atoms with E-state index in [1.54, 1.807) is 0 Å². The SMILES string of the molecule is C#CCC(C)(CC#C)C(=C)C. The smallest absolute Gasteiger partial charge is 0.0186 e. The maximum atomic E-state index is 5.22. The lowest BCUT2D eigenvalue weighted by atomic mass is 9.78. The minimum atomic E-state index is -0.0660. The molecule has 0 nitrogen and oxygen atoms in total. The monoisotopic (exact) mass is 146 g/mol. The fourth-order valence-corrected chi connectivity index (χ4v) is 0.815. The predicted octanol–water partition coefficient (Wildman–Crippen LogP) is 2.62. The second kappa shape index (κ2) is 3.89. The fraction of sp³-hybridized carbons (Fsp3) is 0.455. The van der Waals surface area contributed by atoms with Gasteiger partial charge in [-0.05, 0) is 6.92 Å². The molecule has 0 aromatic carbocycles. The van der Waals surface area contributed by atoms with Gasteiger partial charge in [0.05, 0.1) is 0 Å². The summed E-state index contributed by atoms with van der Waals surface area (Å²) >= 11 is 0. The van der Waals surface area contributed by atoms with Crippen LogP contribution in [0, 0.1) is 30.1 Å². The molecule has 0 aliphatic heterocycles. The number of terminal acetylenes is 2. The lowest BCUT2D eigenvalue weighted by molar-refractivity contribution is 0.424. The highest BCUT2D eigenvalue weighted by Gasteiger charge is 2.22. The van der Waals surface area contributed by atoms with Crippen LogP contribution in [0.2, 0.25) is 0 Å². The van der Waals surface area contributed by atoms with Crippen molar-refractivity contribution in [3.8, 4) is 24.7 Å². The van der Waals surface area contributed by atoms with Gasteiger partial charge in [-0.1, -0.05) is 19.1 Å². The third kappa shape index (κ3) is 2.52. The average Bonchev–Trinajstić information content (AvgIpc) is 1.88. The van der Waals surface area contributed by atoms with Gasteiger partial charge in [0.25, 0.3) is 0 Å². The van der Waals surface area contributed by atoms with Gasteiger partial charge in [-0.15, -0.1) is 24.7 Å². The highest BCUT2D eigenvalue weighted by Crippen LogP contribution is 2.32. The van der Waals surface area contributed by atoms with Gasteiger partial charge in [0, 0.05) is 18.3 Å². The van der Waals surface area contributed by atoms with Crippen LogP contribution >= 0.6 is 0 Å². The first-order chi connectivity index (χ1) is 5.06. The molecule has 0 aliphatic rings. The van der Waals surface area contributed by atoms with Crippen LogP contribution in [0.1, 0.15) is 26.7 Å². The van der Waals surface area contributed by atoms with E-state index < -0.39 is 0 Å². The summed E-state index contributed by atoms with van der Waals surface area (Å²) in [6, 6.07) is 0. The minimum Gasteiger partial charge on any atom is -0.120 e. The van der Waals surface area contributed by atoms with Crippen LogP contribution < -0.4 is 0 Å². The number of hydrogen-bond acceptors (Lipinski definition) is 0. The molecule has 0 bridgehead atoms. The molecule has 0 aromatic rings. The van der Waals surface area contributed by atoms with Crippen LogP contribution in [0.5, 0.6) is 0 Å². The van der Waals surface area contributed by atoms with Crippen molar-refractivity contribution >= 4 is 0 Å². The molecule has 0 spiro atoms. The largest absolute Gasteiger partial charge is 0.120 e. The van der Waals surface area contributed by atoms with E-state index in [9.17, 15) is 0 Å². The quantitative estimate of drug-likeness (QED) is 0.424. The van der Waals surface area contributed by atoms with Crippen LogP contribution in [-0.2, 0) is 0 Å². The Balaban J connectivity index is 4.44. The Kier molecular flexibility index (Phi) is 3.49. The van der Waals surface area contributed by atoms with Crippen molar-refractivity contribution in [2.45, 2.75) is 26.7 Å². The van der Waals surface area contributed by atoms with Crippen LogP contribution in [0.3, 0.4) is 0 Å². The van der Waals surface area contributed by atoms with Crippen molar-refractivity contribution in [2.24, 2.45) is 5.41 Å². The lowest BCUT2D eigenvalue weighted by Crippen LogP contribution is -2.15. The Hall–Kier alpha value is -1.14. The van der Waals surface area contributed by atoms with E-state index >= 15 is 0 Å². The molecule has 0 aromatic heterocycles. The highest BCUT2D eigenvalue weighted by atomic mass is 14.2. The predicted molar refractivity (Wildman–Crippen MR) is 49.8 cm³/mol. The van der Waals surface area contributed by atoms with Gasteiger partial charge >= 0.3 is 0 Å². The molecule has 0 fully saturated rings. The molecule has 0 heteroatoms. The molecule has 0 aliphatic carbocycles. The van der Waals surface area contributed by atoms with Gasteiger partial charge in [-0.2, -0.15) is 0 Å². The van der Waals surface area contributed by atoms with Gasteiger partial charge in [0.2, 0.25) is 0 Å². The van der Waals surface area contributed by atoms with E-state index in [1.165, 1.54) is 0 Å². The zero-order valence-corrected chi connectivity index (χ0v) is 7.28. The molecule has 0 saturated heterocycles. The third-order valence-electron chi connectivity index (χ3n) is 2.01. The summed E-state index contributed by atoms with van der Waals surface area (Å²) in [6.45, 7) is 7.89. The van der Waals surface area contributed by atoms with Crippen molar-refractivity contribution < 1.29 is 0 Å². The van der Waals surface area contributed by atoms with Crippen LogP contribution in [0.4, 0.5) is 0 Å². The number of rotatable bonds is 3. The van der Waals surface area contributed by atoms with Gasteiger partial charge in [0.1, 0.15) is 0 Å². The normalized spacial score (nSPS) is 9.82. The van der Waals surface area contributed by atoms with Gasteiger partial charge in [-0.25, -0.2) is 0 Å². The van der Waals surface area contributed by atoms with Crippen molar-refractivity contribution in [3.63, 3.8) is 0 Å². The maximum absolute atomic E-state index is 5.22. The summed E-state index contributed by atoms with van der Waals surface area (Å²) in [4.78, 5) is 0. The molecule has 58 valence electrons. The Morgan fingerprint density at radius 2 is 1.73 bits per heavy atom. The van der Waals surface area contributed by atoms with Crippen LogP contribution in [0.15, 0.2) is 12.2 Å². The number of allylic oxidation sites excluding steroid dienone is 1. The zero-order chi connectivity index (χ0) is 8.91. The Morgan fingerprint density at radius 3 is 1.91 bits per heavy atom. The molecule has 0 rings (SSSR count). The van der Waals surface area contributed by atoms with Crippen molar-refractivity contribution in [1.82, 2.24) is 0 Å². The summed E-state index contributed by atoms with van der Waals surface area (Å²) in [5.74, 6) is 5.24. The molecular formula is C11H14. The molecule has 0 heterocycles. The standard InChI is InChI=1S/C11H14/c1-6-8-11(5,9-7-2)10(3)4/h1-2H,3,8-9H2,4-5H3. The molecule has 0 N–H and O–H groups in total. The van der Waals surface area contributed by atoms with Crippen molar-refractivity contribution in [2.75, 3.05) is 0 Å². The molecule has 0 amide bonds. The number of hydrogen-bond donors (Lipinski definition) is 0. The van der Waals surface area contributed by atoms with Gasteiger partial charge in [0.15, 0.2) is 0 Å². The van der Waals surface area contributed by atoms with Crippen molar-refractivity contribution in [1.29, 1.82) is 0 Å². The van der Waals surface area contributed by atoms with Crippen molar-refractivity contribution in [3.05, 3.63) is 12.2 Å². The maximum Gasteiger partial charge on any atom is 0.0186 e. The average molecular weight is 146 g/mol. The first-order valence-electron chi connectivity index (χ1n) is 3.60. The van der Waals surface area contributed by atoms with E-state index in [4.69, 9.17) is 12.8 Å². The highest BCUT2D eigenvalue weighted by molar-refractivity contribution is 5.14. The summed E-state index contributed by atoms with van der Waals surface area (Å²) in [5.41, 5.74) is 0.997. The van der Waals surface area contributed by atoms with E-state index in [-0.39, 0.29) is 5.41 Å². The molecule has 0 atom stereocenters. The van der Waals surface area contributed by atoms with E-state index in [0.717, 1.165) is 5.57 Å². The van der Waals surface area contributed by atoms with E-state index in [2.05, 4.69) is 25.3 Å². The summed E-state index contributed by atoms with van der Waals surface area (Å²) in [7, 11) is 0. The Labute approximate surface area is 69.7 Å². The summed E-state index contributed by atoms with van der Waals surface area (Å²) < 4.78 is 0. The van der Waals surface area contributed by atoms with E-state index in [1.807, 2.05) is 6.92 Å². The Morgan fingerprint density at radius 1 is 1.36 bits per heavy atom. The zero-order valence-electron chi connectivity index (χ0n) is 7.28. The summed E-state index contributed by atoms with van der Waals surface area (Å²) in [6.07, 6.45) is 11.8. The molecule has 0 radical (unpaired) electrons. The second-order valence-corrected chi connectivity index (χ2v) is 3.10. The second-order valence-electron chi connectivity index (χ2n) is 3.10. The molecule has 0 saturated carbocycles. The third-order valence-corrected chi connectivity index (χ3v) is 2.01. The Bertz CT molecular complexity index is 203. The molecular weight excluding hydrogens is 132 g/mol. The van der Waals surface area contributed by atoms with Crippen LogP contribution in [0.25, 0.3) is 0 Å². The molecule has 0 unspecified atom stereocenters. The van der Waals surface area contributed by atoms with Gasteiger partial charge < -0.3 is 0 Å².